The number of ether oxygens (including phenoxy) is 1. The van der Waals surface area contributed by atoms with Gasteiger partial charge in [0.25, 0.3) is 0 Å². The summed E-state index contributed by atoms with van der Waals surface area (Å²) in [4.78, 5) is 101. The zero-order valence-electron chi connectivity index (χ0n) is 69.0. The van der Waals surface area contributed by atoms with Crippen molar-refractivity contribution in [2.24, 2.45) is 35.1 Å². The number of halogens is 12. The lowest BCUT2D eigenvalue weighted by Gasteiger charge is -2.41. The van der Waals surface area contributed by atoms with Crippen molar-refractivity contribution in [3.63, 3.8) is 0 Å². The first-order valence-corrected chi connectivity index (χ1v) is 40.2. The van der Waals surface area contributed by atoms with Crippen molar-refractivity contribution in [1.29, 1.82) is 0 Å². The third kappa shape index (κ3) is 23.3. The van der Waals surface area contributed by atoms with Crippen LogP contribution in [0.15, 0.2) is 183 Å². The number of nitrogens with one attached hydrogen (secondary N) is 3. The summed E-state index contributed by atoms with van der Waals surface area (Å²) in [5.41, 5.74) is 28.4. The lowest BCUT2D eigenvalue weighted by molar-refractivity contribution is -0.138. The van der Waals surface area contributed by atoms with Crippen LogP contribution in [0.2, 0.25) is 0 Å². The highest BCUT2D eigenvalue weighted by atomic mass is 19.4. The van der Waals surface area contributed by atoms with E-state index in [0.29, 0.717) is 69.9 Å². The molecule has 3 unspecified atom stereocenters. The minimum atomic E-state index is -4.78. The standard InChI is InChI=1S/C25H26F3N5O.C22H22F3N5O.C21H22F3N5O3.C20H24F3N5O.13H2/c1-15(2)19-13-33(14-20(31-19)16-7-4-3-5-8-16)21-11-10-18(25(26,27)28)22(32-21)23(34)17-9-6-12-30-24(17)29;1-21(27,12-14-6-3-2-4-7-14)13-29-17-10-9-16(22(23,24)25)18(30-17)19(31)15-8-5-11-28-20(15)26;1-11(2)18-14-10-28(8-9-29(14)20(31)32-18)15-6-5-13(21(22,23)24)16(27-15)17(30)12-4-3-7-26-19(12)25;21-20(22,23)15-7-8-16(27-11-13-5-3-12(10-24)4-6-13)28-17(15)18(29)14-2-1-9-26-19(14)25;;;;;;;;;;;;;/h3-12,15,19-20,31H,13-14H2,1-2H3,(H2,29,30);2-11H,12-13,27H2,1H3,(H2,26,28)(H,29,30);3-7,11,14,18H,8-10H2,1-2H3,(H2,25,26);1-2,7-9,12-13H,3-6,10-11,24H2,(H2,25,26)(H,27,28);13*1H/t19-,20-;;;;;;;;;;;;;;;;/m1................/s1. The number of ketones is 4. The fourth-order valence-corrected chi connectivity index (χ4v) is 15.0. The average Bonchev–Trinajstić information content (AvgIpc) is 1.68. The quantitative estimate of drug-likeness (QED) is 0.0225. The number of benzene rings is 2. The van der Waals surface area contributed by atoms with E-state index in [-0.39, 0.29) is 124 Å². The Kier molecular flexibility index (Phi) is 29.7. The Hall–Kier alpha value is -13.0. The molecule has 38 heteroatoms. The fourth-order valence-electron chi connectivity index (χ4n) is 15.0. The predicted octanol–water partition coefficient (Wildman–Crippen LogP) is 17.8. The van der Waals surface area contributed by atoms with Crippen LogP contribution in [0.4, 0.5) is 104 Å². The third-order valence-corrected chi connectivity index (χ3v) is 21.8. The highest BCUT2D eigenvalue weighted by Gasteiger charge is 2.48. The summed E-state index contributed by atoms with van der Waals surface area (Å²) in [6.07, 6.45) is -9.65. The molecular weight excluding hydrogens is 1660 g/mol. The van der Waals surface area contributed by atoms with Crippen molar-refractivity contribution in [3.8, 4) is 0 Å². The Labute approximate surface area is 736 Å². The number of cyclic esters (lactones) is 1. The van der Waals surface area contributed by atoms with E-state index in [1.54, 1.807) is 9.80 Å². The van der Waals surface area contributed by atoms with Crippen LogP contribution in [-0.2, 0) is 35.9 Å². The van der Waals surface area contributed by atoms with Gasteiger partial charge in [-0.2, -0.15) is 52.7 Å². The van der Waals surface area contributed by atoms with Gasteiger partial charge in [0.2, 0.25) is 23.1 Å². The van der Waals surface area contributed by atoms with Crippen molar-refractivity contribution in [2.45, 2.75) is 121 Å². The number of pyridine rings is 8. The van der Waals surface area contributed by atoms with Crippen molar-refractivity contribution in [1.82, 2.24) is 50.1 Å². The number of fused-ring (bicyclic) bond motifs is 1. The Morgan fingerprint density at radius 3 is 1.29 bits per heavy atom. The van der Waals surface area contributed by atoms with E-state index in [1.807, 2.05) is 86.3 Å². The molecule has 10 aromatic rings. The normalized spacial score (nSPS) is 18.3. The molecule has 4 aliphatic rings. The monoisotopic (exact) mass is 1780 g/mol. The smallest absolute Gasteiger partial charge is 0.418 e. The highest BCUT2D eigenvalue weighted by molar-refractivity contribution is 6.13. The Bertz CT molecular complexity index is 5550. The number of carbonyl (C=O) groups excluding carboxylic acids is 5. The van der Waals surface area contributed by atoms with E-state index in [1.165, 1.54) is 97.6 Å². The average molecular weight is 1780 g/mol. The number of hydrogen-bond acceptors (Lipinski definition) is 25. The van der Waals surface area contributed by atoms with Gasteiger partial charge >= 0.3 is 30.8 Å². The molecule has 0 spiro atoms. The van der Waals surface area contributed by atoms with Crippen LogP contribution in [0.5, 0.6) is 0 Å². The maximum Gasteiger partial charge on any atom is 0.418 e. The maximum atomic E-state index is 13.8. The maximum absolute atomic E-state index is 13.8. The van der Waals surface area contributed by atoms with Gasteiger partial charge in [-0.15, -0.1) is 0 Å². The van der Waals surface area contributed by atoms with Gasteiger partial charge in [0.1, 0.15) is 75.4 Å². The minimum absolute atomic E-state index is 0. The van der Waals surface area contributed by atoms with E-state index in [9.17, 15) is 76.7 Å². The first-order valence-electron chi connectivity index (χ1n) is 40.2. The molecule has 14 rings (SSSR count). The van der Waals surface area contributed by atoms with E-state index < -0.39 is 104 Å². The van der Waals surface area contributed by atoms with E-state index in [0.717, 1.165) is 61.1 Å². The Morgan fingerprint density at radius 1 is 0.484 bits per heavy atom. The second-order valence-electron chi connectivity index (χ2n) is 31.7. The zero-order valence-corrected chi connectivity index (χ0v) is 69.0. The summed E-state index contributed by atoms with van der Waals surface area (Å²) in [7, 11) is 0. The summed E-state index contributed by atoms with van der Waals surface area (Å²) < 4.78 is 169. The van der Waals surface area contributed by atoms with E-state index >= 15 is 0 Å². The van der Waals surface area contributed by atoms with Crippen molar-refractivity contribution in [2.75, 3.05) is 95.7 Å². The van der Waals surface area contributed by atoms with Gasteiger partial charge in [-0.05, 0) is 177 Å². The van der Waals surface area contributed by atoms with Crippen LogP contribution < -0.4 is 60.2 Å². The highest BCUT2D eigenvalue weighted by Crippen LogP contribution is 2.41. The molecule has 3 saturated heterocycles. The van der Waals surface area contributed by atoms with Crippen LogP contribution in [0.1, 0.15) is 182 Å². The fraction of sp³-hybridized carbons (Fsp3) is 0.352. The van der Waals surface area contributed by atoms with Crippen LogP contribution >= 0.6 is 0 Å². The number of nitrogen functional groups attached to an aromatic ring is 4. The SMILES string of the molecule is CC(C)C1OC(=O)N2CCN(c3ccc(C(F)(F)F)c(C(=O)c4cccnc4N)n3)CC12.CC(C)[C@H]1CN(c2ccc(C(F)(F)F)c(C(=O)c3cccnc3N)n2)C[C@H](c2ccccc2)N1.CC(N)(CNc1ccc(C(F)(F)F)c(C(=O)c2cccnc2N)n1)Cc1ccccc1.NCC1CCC(CNc2ccc(C(F)(F)F)c(C(=O)c3cccnc3N)n2)CC1.[HH].[HH].[HH].[HH].[HH].[HH].[HH].[HH].[HH].[HH].[HH].[HH].[HH]. The summed E-state index contributed by atoms with van der Waals surface area (Å²) >= 11 is 0. The number of piperazine rings is 2. The van der Waals surface area contributed by atoms with Gasteiger partial charge in [0.15, 0.2) is 0 Å². The first kappa shape index (κ1) is 93.7. The van der Waals surface area contributed by atoms with Gasteiger partial charge < -0.3 is 64.9 Å². The molecule has 1 aliphatic carbocycles. The van der Waals surface area contributed by atoms with Gasteiger partial charge in [0.05, 0.1) is 56.6 Å². The minimum Gasteiger partial charge on any atom is -0.444 e. The van der Waals surface area contributed by atoms with Gasteiger partial charge in [-0.1, -0.05) is 88.4 Å². The summed E-state index contributed by atoms with van der Waals surface area (Å²) in [6.45, 7) is 13.4. The largest absolute Gasteiger partial charge is 0.444 e. The molecule has 2 aromatic carbocycles. The molecule has 1 saturated carbocycles. The molecule has 0 radical (unpaired) electrons. The number of nitrogens with two attached hydrogens (primary N) is 6. The molecule has 0 bridgehead atoms. The van der Waals surface area contributed by atoms with Crippen molar-refractivity contribution >= 4 is 75.8 Å². The van der Waals surface area contributed by atoms with Crippen molar-refractivity contribution in [3.05, 3.63) is 261 Å². The third-order valence-electron chi connectivity index (χ3n) is 21.8. The molecule has 3 aliphatic heterocycles. The number of rotatable bonds is 22. The van der Waals surface area contributed by atoms with Crippen LogP contribution in [-0.4, -0.2) is 150 Å². The first-order chi connectivity index (χ1) is 59.6. The molecular formula is C88H120F12N20O6. The number of anilines is 8. The predicted molar refractivity (Wildman–Crippen MR) is 478 cm³/mol. The van der Waals surface area contributed by atoms with Crippen LogP contribution in [0, 0.1) is 23.7 Å². The summed E-state index contributed by atoms with van der Waals surface area (Å²) in [5, 5.41) is 9.66. The van der Waals surface area contributed by atoms with Crippen LogP contribution in [0.25, 0.3) is 0 Å². The van der Waals surface area contributed by atoms with Crippen molar-refractivity contribution < 1.29 is 99.9 Å². The molecule has 692 valence electrons. The zero-order chi connectivity index (χ0) is 91.3. The molecule has 26 nitrogen and oxygen atoms in total. The molecule has 4 fully saturated rings. The van der Waals surface area contributed by atoms with Gasteiger partial charge in [-0.3, -0.25) is 24.1 Å². The van der Waals surface area contributed by atoms with Gasteiger partial charge in [0, 0.05) is 101 Å². The Balaban J connectivity index is -0.00000172. The number of aromatic nitrogens is 8. The van der Waals surface area contributed by atoms with Crippen LogP contribution in [0.3, 0.4) is 0 Å². The van der Waals surface area contributed by atoms with E-state index in [4.69, 9.17) is 39.1 Å². The molecule has 126 heavy (non-hydrogen) atoms. The number of amides is 1. The molecule has 8 aromatic heterocycles. The summed E-state index contributed by atoms with van der Waals surface area (Å²) in [6, 6.07) is 38.7. The van der Waals surface area contributed by atoms with E-state index in [2.05, 4.69) is 69.7 Å². The number of alkyl halides is 12. The second-order valence-corrected chi connectivity index (χ2v) is 31.7. The lowest BCUT2D eigenvalue weighted by Crippen LogP contribution is -2.55. The number of carbonyl (C=O) groups is 5. The Morgan fingerprint density at radius 2 is 0.881 bits per heavy atom. The van der Waals surface area contributed by atoms with Gasteiger partial charge in [-0.25, -0.2) is 44.7 Å². The molecule has 1 amide bonds. The topological polar surface area (TPSA) is 400 Å². The summed E-state index contributed by atoms with van der Waals surface area (Å²) in [5.74, 6) is -2.20. The lowest BCUT2D eigenvalue weighted by atomic mass is 9.82. The number of nitrogens with zero attached hydrogens (tertiary/aromatic N) is 11. The molecule has 11 heterocycles. The second kappa shape index (κ2) is 39.9. The molecule has 5 atom stereocenters. The molecule has 15 N–H and O–H groups in total. The number of hydrogen-bond donors (Lipinski definition) is 9.